The first-order valence-electron chi connectivity index (χ1n) is 9.76. The second kappa shape index (κ2) is 10.3. The summed E-state index contributed by atoms with van der Waals surface area (Å²) in [6.07, 6.45) is 3.39. The number of anilines is 1. The molecule has 1 fully saturated rings. The molecule has 28 heavy (non-hydrogen) atoms. The van der Waals surface area contributed by atoms with Gasteiger partial charge in [-0.05, 0) is 54.8 Å². The van der Waals surface area contributed by atoms with Crippen LogP contribution in [0.4, 0.5) is 5.69 Å². The third-order valence-corrected chi connectivity index (χ3v) is 5.76. The van der Waals surface area contributed by atoms with Crippen LogP contribution in [0.3, 0.4) is 0 Å². The lowest BCUT2D eigenvalue weighted by Crippen LogP contribution is -2.32. The molecule has 0 radical (unpaired) electrons. The summed E-state index contributed by atoms with van der Waals surface area (Å²) in [5, 5.41) is 3.02. The molecular formula is C23H28N2O2S. The summed E-state index contributed by atoms with van der Waals surface area (Å²) in [5.74, 6) is 3.12. The van der Waals surface area contributed by atoms with Gasteiger partial charge in [-0.25, -0.2) is 0 Å². The second-order valence-electron chi connectivity index (χ2n) is 6.80. The molecular weight excluding hydrogens is 368 g/mol. The molecule has 2 aromatic rings. The maximum atomic E-state index is 12.4. The smallest absolute Gasteiger partial charge is 0.248 e. The highest BCUT2D eigenvalue weighted by atomic mass is 32.2. The summed E-state index contributed by atoms with van der Waals surface area (Å²) in [6.45, 7) is 7.89. The summed E-state index contributed by atoms with van der Waals surface area (Å²) in [5.41, 5.74) is 4.26. The zero-order chi connectivity index (χ0) is 19.8. The predicted molar refractivity (Wildman–Crippen MR) is 119 cm³/mol. The molecule has 0 aliphatic carbocycles. The molecule has 0 spiro atoms. The summed E-state index contributed by atoms with van der Waals surface area (Å²) in [6, 6.07) is 13.8. The van der Waals surface area contributed by atoms with Gasteiger partial charge in [0.25, 0.3) is 0 Å². The van der Waals surface area contributed by atoms with Crippen molar-refractivity contribution in [2.75, 3.05) is 36.5 Å². The van der Waals surface area contributed by atoms with E-state index >= 15 is 0 Å². The minimum atomic E-state index is -0.122. The first kappa shape index (κ1) is 20.5. The van der Waals surface area contributed by atoms with E-state index in [1.165, 1.54) is 17.1 Å². The van der Waals surface area contributed by atoms with E-state index in [2.05, 4.69) is 23.2 Å². The molecule has 4 nitrogen and oxygen atoms in total. The molecule has 0 saturated carbocycles. The van der Waals surface area contributed by atoms with Crippen molar-refractivity contribution in [1.29, 1.82) is 0 Å². The monoisotopic (exact) mass is 396 g/mol. The Labute approximate surface area is 172 Å². The van der Waals surface area contributed by atoms with Gasteiger partial charge in [0.05, 0.1) is 6.61 Å². The number of carbonyl (C=O) groups excluding carboxylic acids is 1. The third-order valence-electron chi connectivity index (χ3n) is 4.82. The normalized spacial score (nSPS) is 14.9. The molecule has 1 heterocycles. The lowest BCUT2D eigenvalue weighted by Gasteiger charge is -2.27. The molecule has 1 amide bonds. The molecule has 0 bridgehead atoms. The molecule has 5 heteroatoms. The van der Waals surface area contributed by atoms with E-state index in [1.807, 2.05) is 61.2 Å². The average Bonchev–Trinajstić information content (AvgIpc) is 2.71. The van der Waals surface area contributed by atoms with Gasteiger partial charge in [0.1, 0.15) is 5.75 Å². The number of carbonyl (C=O) groups is 1. The molecule has 0 aromatic heterocycles. The minimum absolute atomic E-state index is 0.122. The van der Waals surface area contributed by atoms with Gasteiger partial charge in [0.15, 0.2) is 0 Å². The van der Waals surface area contributed by atoms with Crippen molar-refractivity contribution in [3.8, 4) is 5.75 Å². The number of thioether (sulfide) groups is 1. The maximum absolute atomic E-state index is 12.4. The molecule has 0 atom stereocenters. The quantitative estimate of drug-likeness (QED) is 0.695. The van der Waals surface area contributed by atoms with Crippen molar-refractivity contribution < 1.29 is 9.53 Å². The number of nitrogens with one attached hydrogen (secondary N) is 1. The Hall–Kier alpha value is -2.24. The maximum Gasteiger partial charge on any atom is 0.248 e. The SMILES string of the molecule is CCOc1ccc(/C=C\C(=O)Nc2cccc(CN3CCSCC3)c2C)cc1. The molecule has 2 aromatic carbocycles. The molecule has 1 aliphatic rings. The van der Waals surface area contributed by atoms with Gasteiger partial charge in [-0.15, -0.1) is 0 Å². The van der Waals surface area contributed by atoms with Crippen LogP contribution in [0.25, 0.3) is 6.08 Å². The summed E-state index contributed by atoms with van der Waals surface area (Å²) in [7, 11) is 0. The highest BCUT2D eigenvalue weighted by Gasteiger charge is 2.13. The largest absolute Gasteiger partial charge is 0.494 e. The van der Waals surface area contributed by atoms with E-state index in [-0.39, 0.29) is 5.91 Å². The Morgan fingerprint density at radius 3 is 2.64 bits per heavy atom. The van der Waals surface area contributed by atoms with Crippen LogP contribution in [0.15, 0.2) is 48.5 Å². The van der Waals surface area contributed by atoms with Crippen molar-refractivity contribution >= 4 is 29.4 Å². The summed E-state index contributed by atoms with van der Waals surface area (Å²) in [4.78, 5) is 14.9. The van der Waals surface area contributed by atoms with Crippen LogP contribution >= 0.6 is 11.8 Å². The third kappa shape index (κ3) is 5.88. The van der Waals surface area contributed by atoms with Crippen LogP contribution in [0.5, 0.6) is 5.75 Å². The van der Waals surface area contributed by atoms with Crippen LogP contribution in [0.1, 0.15) is 23.6 Å². The van der Waals surface area contributed by atoms with Crippen LogP contribution in [0, 0.1) is 6.92 Å². The number of benzene rings is 2. The van der Waals surface area contributed by atoms with E-state index in [4.69, 9.17) is 4.74 Å². The highest BCUT2D eigenvalue weighted by Crippen LogP contribution is 2.22. The van der Waals surface area contributed by atoms with Crippen molar-refractivity contribution in [3.05, 3.63) is 65.2 Å². The van der Waals surface area contributed by atoms with Crippen molar-refractivity contribution in [3.63, 3.8) is 0 Å². The Bertz CT molecular complexity index is 812. The van der Waals surface area contributed by atoms with Crippen molar-refractivity contribution in [2.24, 2.45) is 0 Å². The molecule has 3 rings (SSSR count). The van der Waals surface area contributed by atoms with Gasteiger partial charge in [-0.3, -0.25) is 9.69 Å². The Balaban J connectivity index is 1.60. The number of amides is 1. The zero-order valence-electron chi connectivity index (χ0n) is 16.6. The number of rotatable bonds is 7. The molecule has 148 valence electrons. The fraction of sp³-hybridized carbons (Fsp3) is 0.348. The predicted octanol–water partition coefficient (Wildman–Crippen LogP) is 4.59. The van der Waals surface area contributed by atoms with Crippen molar-refractivity contribution in [2.45, 2.75) is 20.4 Å². The zero-order valence-corrected chi connectivity index (χ0v) is 17.4. The molecule has 1 saturated heterocycles. The van der Waals surface area contributed by atoms with Gasteiger partial charge in [0.2, 0.25) is 5.91 Å². The van der Waals surface area contributed by atoms with E-state index < -0.39 is 0 Å². The van der Waals surface area contributed by atoms with E-state index in [1.54, 1.807) is 6.08 Å². The average molecular weight is 397 g/mol. The first-order chi connectivity index (χ1) is 13.7. The van der Waals surface area contributed by atoms with Crippen LogP contribution < -0.4 is 10.1 Å². The summed E-state index contributed by atoms with van der Waals surface area (Å²) >= 11 is 2.02. The Kier molecular flexibility index (Phi) is 7.57. The van der Waals surface area contributed by atoms with E-state index in [0.717, 1.165) is 42.2 Å². The fourth-order valence-corrected chi connectivity index (χ4v) is 4.16. The standard InChI is InChI=1S/C23H28N2O2S/c1-3-27-21-10-7-19(8-11-21)9-12-23(26)24-22-6-4-5-20(18(22)2)17-25-13-15-28-16-14-25/h4-12H,3,13-17H2,1-2H3,(H,24,26)/b12-9-. The number of hydrogen-bond acceptors (Lipinski definition) is 4. The highest BCUT2D eigenvalue weighted by molar-refractivity contribution is 7.99. The fourth-order valence-electron chi connectivity index (χ4n) is 3.18. The lowest BCUT2D eigenvalue weighted by atomic mass is 10.1. The van der Waals surface area contributed by atoms with Crippen LogP contribution in [-0.2, 0) is 11.3 Å². The minimum Gasteiger partial charge on any atom is -0.494 e. The van der Waals surface area contributed by atoms with Gasteiger partial charge < -0.3 is 10.1 Å². The van der Waals surface area contributed by atoms with Gasteiger partial charge in [-0.2, -0.15) is 11.8 Å². The van der Waals surface area contributed by atoms with Gasteiger partial charge in [-0.1, -0.05) is 24.3 Å². The topological polar surface area (TPSA) is 41.6 Å². The van der Waals surface area contributed by atoms with E-state index in [0.29, 0.717) is 6.61 Å². The van der Waals surface area contributed by atoms with Crippen LogP contribution in [-0.4, -0.2) is 42.0 Å². The van der Waals surface area contributed by atoms with Crippen molar-refractivity contribution in [1.82, 2.24) is 4.90 Å². The molecule has 1 N–H and O–H groups in total. The number of ether oxygens (including phenoxy) is 1. The van der Waals surface area contributed by atoms with Gasteiger partial charge in [0, 0.05) is 42.9 Å². The first-order valence-corrected chi connectivity index (χ1v) is 10.9. The Morgan fingerprint density at radius 1 is 1.18 bits per heavy atom. The number of nitrogens with zero attached hydrogens (tertiary/aromatic N) is 1. The lowest BCUT2D eigenvalue weighted by molar-refractivity contribution is -0.111. The molecule has 0 unspecified atom stereocenters. The second-order valence-corrected chi connectivity index (χ2v) is 8.03. The van der Waals surface area contributed by atoms with Gasteiger partial charge >= 0.3 is 0 Å². The van der Waals surface area contributed by atoms with E-state index in [9.17, 15) is 4.79 Å². The summed E-state index contributed by atoms with van der Waals surface area (Å²) < 4.78 is 5.44. The molecule has 1 aliphatic heterocycles. The van der Waals surface area contributed by atoms with Crippen LogP contribution in [0.2, 0.25) is 0 Å². The number of hydrogen-bond donors (Lipinski definition) is 1. The Morgan fingerprint density at radius 2 is 1.93 bits per heavy atom.